The average molecular weight is 284 g/mol. The molecule has 1 aliphatic rings. The molecule has 4 heteroatoms. The summed E-state index contributed by atoms with van der Waals surface area (Å²) in [4.78, 5) is 6.31. The van der Waals surface area contributed by atoms with E-state index in [1.807, 2.05) is 11.3 Å². The third-order valence-electron chi connectivity index (χ3n) is 3.11. The molecule has 18 heavy (non-hydrogen) atoms. The van der Waals surface area contributed by atoms with E-state index in [1.165, 1.54) is 34.2 Å². The van der Waals surface area contributed by atoms with Crippen molar-refractivity contribution < 1.29 is 0 Å². The molecule has 102 valence electrons. The molecule has 1 aromatic heterocycles. The highest BCUT2D eigenvalue weighted by Gasteiger charge is 2.23. The Hall–Kier alpha value is -0.0600. The topological polar surface area (TPSA) is 24.9 Å². The van der Waals surface area contributed by atoms with Crippen molar-refractivity contribution in [1.29, 1.82) is 0 Å². The number of thiazole rings is 1. The van der Waals surface area contributed by atoms with Crippen LogP contribution < -0.4 is 5.32 Å². The van der Waals surface area contributed by atoms with E-state index in [-0.39, 0.29) is 5.54 Å². The molecule has 0 aromatic carbocycles. The van der Waals surface area contributed by atoms with Gasteiger partial charge in [0.1, 0.15) is 5.01 Å². The van der Waals surface area contributed by atoms with Crippen LogP contribution in [0.25, 0.3) is 0 Å². The number of hydrogen-bond donors (Lipinski definition) is 1. The van der Waals surface area contributed by atoms with Crippen LogP contribution in [-0.4, -0.2) is 16.3 Å². The molecular weight excluding hydrogens is 260 g/mol. The maximum atomic E-state index is 4.87. The molecule has 2 nitrogen and oxygen atoms in total. The standard InChI is InChI=1S/C14H24N2S2/c1-5-10-12(9-15-14(2,3)4)18-13(16-10)11-7-6-8-17-11/h11,15H,5-9H2,1-4H3. The number of thioether (sulfide) groups is 1. The zero-order valence-corrected chi connectivity index (χ0v) is 13.5. The van der Waals surface area contributed by atoms with Gasteiger partial charge in [-0.3, -0.25) is 0 Å². The number of aryl methyl sites for hydroxylation is 1. The van der Waals surface area contributed by atoms with E-state index in [4.69, 9.17) is 4.98 Å². The van der Waals surface area contributed by atoms with Crippen molar-refractivity contribution in [1.82, 2.24) is 10.3 Å². The highest BCUT2D eigenvalue weighted by molar-refractivity contribution is 7.99. The van der Waals surface area contributed by atoms with E-state index >= 15 is 0 Å². The highest BCUT2D eigenvalue weighted by atomic mass is 32.2. The fourth-order valence-electron chi connectivity index (χ4n) is 2.07. The lowest BCUT2D eigenvalue weighted by atomic mass is 10.1. The molecule has 0 radical (unpaired) electrons. The van der Waals surface area contributed by atoms with E-state index < -0.39 is 0 Å². The van der Waals surface area contributed by atoms with Gasteiger partial charge >= 0.3 is 0 Å². The maximum absolute atomic E-state index is 4.87. The summed E-state index contributed by atoms with van der Waals surface area (Å²) in [6, 6.07) is 0. The van der Waals surface area contributed by atoms with E-state index in [0.717, 1.165) is 13.0 Å². The van der Waals surface area contributed by atoms with Gasteiger partial charge < -0.3 is 5.32 Å². The molecule has 0 bridgehead atoms. The predicted octanol–water partition coefficient (Wildman–Crippen LogP) is 4.16. The lowest BCUT2D eigenvalue weighted by Gasteiger charge is -2.20. The molecule has 2 heterocycles. The van der Waals surface area contributed by atoms with Gasteiger partial charge in [0.15, 0.2) is 0 Å². The first-order valence-electron chi connectivity index (χ1n) is 6.84. The molecule has 1 atom stereocenters. The summed E-state index contributed by atoms with van der Waals surface area (Å²) < 4.78 is 0. The first-order valence-corrected chi connectivity index (χ1v) is 8.71. The van der Waals surface area contributed by atoms with E-state index in [1.54, 1.807) is 0 Å². The molecule has 1 fully saturated rings. The SMILES string of the molecule is CCc1nc(C2CCCS2)sc1CNC(C)(C)C. The fourth-order valence-corrected chi connectivity index (χ4v) is 4.68. The predicted molar refractivity (Wildman–Crippen MR) is 82.5 cm³/mol. The number of rotatable bonds is 4. The lowest BCUT2D eigenvalue weighted by Crippen LogP contribution is -2.35. The summed E-state index contributed by atoms with van der Waals surface area (Å²) in [5.41, 5.74) is 1.48. The van der Waals surface area contributed by atoms with Crippen LogP contribution in [0.3, 0.4) is 0 Å². The second kappa shape index (κ2) is 5.93. The van der Waals surface area contributed by atoms with Gasteiger partial charge in [0.05, 0.1) is 10.9 Å². The van der Waals surface area contributed by atoms with Gasteiger partial charge in [0, 0.05) is 17.0 Å². The quantitative estimate of drug-likeness (QED) is 0.898. The molecule has 1 unspecified atom stereocenters. The van der Waals surface area contributed by atoms with Gasteiger partial charge in [-0.25, -0.2) is 4.98 Å². The van der Waals surface area contributed by atoms with Gasteiger partial charge in [0.2, 0.25) is 0 Å². The molecular formula is C14H24N2S2. The van der Waals surface area contributed by atoms with Crippen molar-refractivity contribution in [3.63, 3.8) is 0 Å². The van der Waals surface area contributed by atoms with Gasteiger partial charge in [-0.2, -0.15) is 11.8 Å². The lowest BCUT2D eigenvalue weighted by molar-refractivity contribution is 0.425. The van der Waals surface area contributed by atoms with Crippen LogP contribution in [0, 0.1) is 0 Å². The summed E-state index contributed by atoms with van der Waals surface area (Å²) >= 11 is 4.01. The molecule has 1 aromatic rings. The Labute approximate surface area is 119 Å². The van der Waals surface area contributed by atoms with Crippen LogP contribution in [0.4, 0.5) is 0 Å². The van der Waals surface area contributed by atoms with Crippen molar-refractivity contribution in [3.05, 3.63) is 15.6 Å². The Morgan fingerprint density at radius 2 is 2.17 bits per heavy atom. The first kappa shape index (κ1) is 14.4. The van der Waals surface area contributed by atoms with Crippen LogP contribution in [-0.2, 0) is 13.0 Å². The van der Waals surface area contributed by atoms with Crippen molar-refractivity contribution in [2.45, 2.75) is 64.3 Å². The smallest absolute Gasteiger partial charge is 0.106 e. The maximum Gasteiger partial charge on any atom is 0.106 e. The minimum Gasteiger partial charge on any atom is -0.307 e. The normalized spacial score (nSPS) is 20.6. The Balaban J connectivity index is 2.08. The molecule has 0 aliphatic carbocycles. The summed E-state index contributed by atoms with van der Waals surface area (Å²) in [7, 11) is 0. The Bertz CT molecular complexity index is 387. The van der Waals surface area contributed by atoms with Crippen molar-refractivity contribution in [3.8, 4) is 0 Å². The number of nitrogens with zero attached hydrogens (tertiary/aromatic N) is 1. The zero-order chi connectivity index (χ0) is 13.2. The molecule has 2 rings (SSSR count). The van der Waals surface area contributed by atoms with E-state index in [0.29, 0.717) is 5.25 Å². The number of aromatic nitrogens is 1. The van der Waals surface area contributed by atoms with Crippen LogP contribution in [0.1, 0.15) is 61.4 Å². The third kappa shape index (κ3) is 3.72. The van der Waals surface area contributed by atoms with Crippen molar-refractivity contribution in [2.24, 2.45) is 0 Å². The summed E-state index contributed by atoms with van der Waals surface area (Å²) in [6.07, 6.45) is 3.72. The Morgan fingerprint density at radius 1 is 1.39 bits per heavy atom. The van der Waals surface area contributed by atoms with Crippen LogP contribution in [0.2, 0.25) is 0 Å². The average Bonchev–Trinajstić information content (AvgIpc) is 2.94. The summed E-state index contributed by atoms with van der Waals surface area (Å²) in [5, 5.41) is 5.61. The van der Waals surface area contributed by atoms with Crippen LogP contribution >= 0.6 is 23.1 Å². The molecule has 1 N–H and O–H groups in total. The molecule has 1 saturated heterocycles. The van der Waals surface area contributed by atoms with Crippen LogP contribution in [0.5, 0.6) is 0 Å². The van der Waals surface area contributed by atoms with Gasteiger partial charge in [-0.15, -0.1) is 11.3 Å². The zero-order valence-electron chi connectivity index (χ0n) is 11.9. The summed E-state index contributed by atoms with van der Waals surface area (Å²) in [6.45, 7) is 9.82. The fraction of sp³-hybridized carbons (Fsp3) is 0.786. The minimum atomic E-state index is 0.178. The minimum absolute atomic E-state index is 0.178. The molecule has 0 spiro atoms. The number of hydrogen-bond acceptors (Lipinski definition) is 4. The second-order valence-electron chi connectivity index (χ2n) is 5.88. The molecule has 0 saturated carbocycles. The largest absolute Gasteiger partial charge is 0.307 e. The van der Waals surface area contributed by atoms with Gasteiger partial charge in [-0.05, 0) is 45.8 Å². The van der Waals surface area contributed by atoms with E-state index in [2.05, 4.69) is 44.8 Å². The molecule has 0 amide bonds. The van der Waals surface area contributed by atoms with Crippen LogP contribution in [0.15, 0.2) is 0 Å². The first-order chi connectivity index (χ1) is 8.49. The monoisotopic (exact) mass is 284 g/mol. The van der Waals surface area contributed by atoms with Crippen molar-refractivity contribution in [2.75, 3.05) is 5.75 Å². The van der Waals surface area contributed by atoms with Gasteiger partial charge in [-0.1, -0.05) is 6.92 Å². The van der Waals surface area contributed by atoms with Crippen molar-refractivity contribution >= 4 is 23.1 Å². The van der Waals surface area contributed by atoms with E-state index in [9.17, 15) is 0 Å². The third-order valence-corrected chi connectivity index (χ3v) is 5.86. The van der Waals surface area contributed by atoms with Gasteiger partial charge in [0.25, 0.3) is 0 Å². The summed E-state index contributed by atoms with van der Waals surface area (Å²) in [5.74, 6) is 1.31. The number of nitrogens with one attached hydrogen (secondary N) is 1. The Kier molecular flexibility index (Phi) is 4.73. The molecule has 1 aliphatic heterocycles. The highest BCUT2D eigenvalue weighted by Crippen LogP contribution is 2.42. The Morgan fingerprint density at radius 3 is 2.72 bits per heavy atom. The second-order valence-corrected chi connectivity index (χ2v) is 8.31.